The fourth-order valence-electron chi connectivity index (χ4n) is 3.35. The van der Waals surface area contributed by atoms with Crippen LogP contribution in [0.25, 0.3) is 27.2 Å². The Balaban J connectivity index is 0.000000121. The number of H-pyrrole nitrogens is 1. The zero-order valence-corrected chi connectivity index (χ0v) is 20.3. The van der Waals surface area contributed by atoms with Crippen molar-refractivity contribution in [3.63, 3.8) is 0 Å². The molecule has 0 unspecified atom stereocenters. The van der Waals surface area contributed by atoms with Gasteiger partial charge in [0.25, 0.3) is 0 Å². The van der Waals surface area contributed by atoms with Crippen LogP contribution < -0.4 is 0 Å². The van der Waals surface area contributed by atoms with Gasteiger partial charge in [-0.3, -0.25) is 5.10 Å². The summed E-state index contributed by atoms with van der Waals surface area (Å²) >= 11 is 1.69. The maximum absolute atomic E-state index is 4.20. The van der Waals surface area contributed by atoms with Gasteiger partial charge < -0.3 is 0 Å². The Morgan fingerprint density at radius 2 is 1.53 bits per heavy atom. The lowest BCUT2D eigenvalue weighted by Gasteiger charge is -2.02. The number of aryl methyl sites for hydroxylation is 3. The normalized spacial score (nSPS) is 10.2. The Hall–Kier alpha value is -4.03. The number of aromatic nitrogens is 5. The van der Waals surface area contributed by atoms with Crippen molar-refractivity contribution in [2.75, 3.05) is 0 Å². The molecule has 0 saturated heterocycles. The van der Waals surface area contributed by atoms with Crippen LogP contribution in [0, 0.1) is 20.8 Å². The second-order valence-electron chi connectivity index (χ2n) is 7.85. The molecule has 3 aromatic heterocycles. The molecule has 0 atom stereocenters. The lowest BCUT2D eigenvalue weighted by Crippen LogP contribution is -1.97. The summed E-state index contributed by atoms with van der Waals surface area (Å²) in [5, 5.41) is 11.3. The van der Waals surface area contributed by atoms with Crippen molar-refractivity contribution in [1.29, 1.82) is 0 Å². The van der Waals surface area contributed by atoms with E-state index in [0.717, 1.165) is 33.8 Å². The molecule has 0 aliphatic carbocycles. The molecule has 6 aromatic rings. The predicted molar refractivity (Wildman–Crippen MR) is 141 cm³/mol. The number of nitrogens with zero attached hydrogens (tertiary/aromatic N) is 4. The predicted octanol–water partition coefficient (Wildman–Crippen LogP) is 7.17. The molecule has 0 saturated carbocycles. The van der Waals surface area contributed by atoms with E-state index in [1.807, 2.05) is 90.9 Å². The van der Waals surface area contributed by atoms with E-state index >= 15 is 0 Å². The summed E-state index contributed by atoms with van der Waals surface area (Å²) in [4.78, 5) is 4.18. The molecule has 0 aliphatic heterocycles. The van der Waals surface area contributed by atoms with Crippen LogP contribution in [0.3, 0.4) is 0 Å². The minimum Gasteiger partial charge on any atom is -0.282 e. The first kappa shape index (κ1) is 23.1. The molecule has 0 bridgehead atoms. The number of hydrogen-bond acceptors (Lipinski definition) is 4. The van der Waals surface area contributed by atoms with E-state index in [1.54, 1.807) is 11.3 Å². The number of rotatable bonds is 2. The van der Waals surface area contributed by atoms with Crippen molar-refractivity contribution in [3.05, 3.63) is 120 Å². The third-order valence-corrected chi connectivity index (χ3v) is 5.89. The second-order valence-corrected chi connectivity index (χ2v) is 8.73. The highest BCUT2D eigenvalue weighted by Crippen LogP contribution is 2.18. The third-order valence-electron chi connectivity index (χ3n) is 5.09. The standard InChI is InChI=1S/2C10H10N2.C8H7NS/c1-9-7-8-11-12(9)10-5-3-2-4-6-10;1-8-7-10(12-11-8)9-5-3-2-4-6-9;1-6-2-3-7-8(4-6)10-5-9-7/h2-8H,1H3;2-7H,1H3,(H,11,12);2-5H,1H3. The van der Waals surface area contributed by atoms with Gasteiger partial charge in [0.05, 0.1) is 27.1 Å². The van der Waals surface area contributed by atoms with Gasteiger partial charge in [-0.1, -0.05) is 54.6 Å². The van der Waals surface area contributed by atoms with E-state index in [1.165, 1.54) is 10.3 Å². The van der Waals surface area contributed by atoms with Gasteiger partial charge in [-0.15, -0.1) is 11.3 Å². The molecule has 0 amide bonds. The Morgan fingerprint density at radius 3 is 2.18 bits per heavy atom. The van der Waals surface area contributed by atoms with Gasteiger partial charge >= 0.3 is 0 Å². The maximum atomic E-state index is 4.20. The fourth-order valence-corrected chi connectivity index (χ4v) is 4.12. The van der Waals surface area contributed by atoms with Crippen LogP contribution in [0.2, 0.25) is 0 Å². The lowest BCUT2D eigenvalue weighted by molar-refractivity contribution is 0.847. The average molecular weight is 466 g/mol. The highest BCUT2D eigenvalue weighted by atomic mass is 32.1. The molecule has 0 fully saturated rings. The average Bonchev–Trinajstić information content (AvgIpc) is 3.62. The number of thiazole rings is 1. The number of para-hydroxylation sites is 1. The molecule has 6 heteroatoms. The second kappa shape index (κ2) is 11.2. The maximum Gasteiger partial charge on any atom is 0.0923 e. The number of aromatic amines is 1. The van der Waals surface area contributed by atoms with Gasteiger partial charge in [-0.2, -0.15) is 10.2 Å². The lowest BCUT2D eigenvalue weighted by atomic mass is 10.1. The van der Waals surface area contributed by atoms with E-state index in [9.17, 15) is 0 Å². The Kier molecular flexibility index (Phi) is 7.63. The van der Waals surface area contributed by atoms with Gasteiger partial charge in [0.15, 0.2) is 0 Å². The SMILES string of the molecule is Cc1cc(-c2ccccc2)n[nH]1.Cc1ccc2ncsc2c1.Cc1ccnn1-c1ccccc1. The number of fused-ring (bicyclic) bond motifs is 1. The fraction of sp³-hybridized carbons (Fsp3) is 0.107. The van der Waals surface area contributed by atoms with Crippen molar-refractivity contribution < 1.29 is 0 Å². The van der Waals surface area contributed by atoms with Crippen LogP contribution >= 0.6 is 11.3 Å². The van der Waals surface area contributed by atoms with Gasteiger partial charge in [0, 0.05) is 23.1 Å². The number of hydrogen-bond donors (Lipinski definition) is 1. The van der Waals surface area contributed by atoms with Crippen LogP contribution in [0.1, 0.15) is 17.0 Å². The first-order valence-corrected chi connectivity index (χ1v) is 11.9. The van der Waals surface area contributed by atoms with Gasteiger partial charge in [-0.25, -0.2) is 9.67 Å². The zero-order valence-electron chi connectivity index (χ0n) is 19.5. The van der Waals surface area contributed by atoms with E-state index in [0.29, 0.717) is 0 Å². The molecule has 0 aliphatic rings. The summed E-state index contributed by atoms with van der Waals surface area (Å²) in [7, 11) is 0. The van der Waals surface area contributed by atoms with E-state index < -0.39 is 0 Å². The first-order valence-electron chi connectivity index (χ1n) is 11.0. The summed E-state index contributed by atoms with van der Waals surface area (Å²) in [6.07, 6.45) is 1.81. The highest BCUT2D eigenvalue weighted by Gasteiger charge is 1.99. The molecule has 6 rings (SSSR count). The summed E-state index contributed by atoms with van der Waals surface area (Å²) in [5.41, 5.74) is 9.81. The van der Waals surface area contributed by atoms with Crippen LogP contribution in [0.5, 0.6) is 0 Å². The smallest absolute Gasteiger partial charge is 0.0923 e. The Morgan fingerprint density at radius 1 is 0.794 bits per heavy atom. The largest absolute Gasteiger partial charge is 0.282 e. The van der Waals surface area contributed by atoms with E-state index in [4.69, 9.17) is 0 Å². The topological polar surface area (TPSA) is 59.4 Å². The van der Waals surface area contributed by atoms with Crippen molar-refractivity contribution >= 4 is 21.6 Å². The van der Waals surface area contributed by atoms with Gasteiger partial charge in [-0.05, 0) is 62.7 Å². The third kappa shape index (κ3) is 6.05. The Bertz CT molecular complexity index is 1430. The number of nitrogens with one attached hydrogen (secondary N) is 1. The van der Waals surface area contributed by atoms with Crippen molar-refractivity contribution in [1.82, 2.24) is 25.0 Å². The molecule has 0 spiro atoms. The summed E-state index contributed by atoms with van der Waals surface area (Å²) in [6, 6.07) is 30.6. The first-order chi connectivity index (χ1) is 16.6. The highest BCUT2D eigenvalue weighted by molar-refractivity contribution is 7.16. The van der Waals surface area contributed by atoms with Gasteiger partial charge in [0.1, 0.15) is 0 Å². The van der Waals surface area contributed by atoms with Crippen LogP contribution in [0.15, 0.2) is 103 Å². The summed E-state index contributed by atoms with van der Waals surface area (Å²) in [6.45, 7) is 6.14. The quantitative estimate of drug-likeness (QED) is 0.295. The summed E-state index contributed by atoms with van der Waals surface area (Å²) < 4.78 is 3.19. The molecule has 0 radical (unpaired) electrons. The molecule has 5 nitrogen and oxygen atoms in total. The molecule has 34 heavy (non-hydrogen) atoms. The molecule has 3 heterocycles. The van der Waals surface area contributed by atoms with Crippen molar-refractivity contribution in [2.24, 2.45) is 0 Å². The summed E-state index contributed by atoms with van der Waals surface area (Å²) in [5.74, 6) is 0. The van der Waals surface area contributed by atoms with Crippen LogP contribution in [-0.4, -0.2) is 25.0 Å². The van der Waals surface area contributed by atoms with Crippen molar-refractivity contribution in [3.8, 4) is 16.9 Å². The zero-order chi connectivity index (χ0) is 23.8. The van der Waals surface area contributed by atoms with E-state index in [2.05, 4.69) is 57.5 Å². The van der Waals surface area contributed by atoms with Crippen molar-refractivity contribution in [2.45, 2.75) is 20.8 Å². The monoisotopic (exact) mass is 465 g/mol. The molecular formula is C28H27N5S. The van der Waals surface area contributed by atoms with Gasteiger partial charge in [0.2, 0.25) is 0 Å². The molecule has 1 N–H and O–H groups in total. The van der Waals surface area contributed by atoms with E-state index in [-0.39, 0.29) is 0 Å². The number of benzene rings is 3. The molecule has 3 aromatic carbocycles. The molecular weight excluding hydrogens is 438 g/mol. The Labute approximate surface area is 203 Å². The van der Waals surface area contributed by atoms with Crippen LogP contribution in [0.4, 0.5) is 0 Å². The minimum atomic E-state index is 1.01. The minimum absolute atomic E-state index is 1.01. The van der Waals surface area contributed by atoms with Crippen LogP contribution in [-0.2, 0) is 0 Å². The molecule has 170 valence electrons.